The average Bonchev–Trinajstić information content (AvgIpc) is 1.09. The molecular formula is C56H79N15O23. The Hall–Kier alpha value is -9.55. The summed E-state index contributed by atoms with van der Waals surface area (Å²) in [6, 6.07) is -2.01. The number of carbonyl (C=O) groups excluding carboxylic acids is 9. The van der Waals surface area contributed by atoms with Crippen LogP contribution in [0.3, 0.4) is 0 Å². The number of terminal acetylenes is 1. The minimum absolute atomic E-state index is 0.00779. The van der Waals surface area contributed by atoms with Gasteiger partial charge in [-0.2, -0.15) is 0 Å². The van der Waals surface area contributed by atoms with Crippen molar-refractivity contribution in [2.75, 3.05) is 107 Å². The highest BCUT2D eigenvalue weighted by Gasteiger charge is 2.50. The van der Waals surface area contributed by atoms with E-state index in [0.29, 0.717) is 37.8 Å². The summed E-state index contributed by atoms with van der Waals surface area (Å²) in [4.78, 5) is 125. The summed E-state index contributed by atoms with van der Waals surface area (Å²) in [5.74, 6) is -4.83. The van der Waals surface area contributed by atoms with Gasteiger partial charge >= 0.3 is 24.2 Å². The third-order valence-electron chi connectivity index (χ3n) is 14.0. The van der Waals surface area contributed by atoms with Gasteiger partial charge in [0.05, 0.1) is 118 Å². The van der Waals surface area contributed by atoms with Crippen LogP contribution in [0.2, 0.25) is 0 Å². The number of cyclic esters (lactones) is 4. The van der Waals surface area contributed by atoms with E-state index in [0.717, 1.165) is 14.2 Å². The number of hydrogen-bond acceptors (Lipinski definition) is 29. The number of Topliss-reactive ketones (excluding diaryl/α,β-unsaturated/α-hetero) is 2. The van der Waals surface area contributed by atoms with Crippen molar-refractivity contribution in [3.63, 3.8) is 0 Å². The molecule has 0 spiro atoms. The second-order valence-electron chi connectivity index (χ2n) is 21.2. The molecule has 4 aliphatic rings. The molecule has 0 bridgehead atoms. The molecule has 2 aromatic rings. The molecule has 38 nitrogen and oxygen atoms in total. The molecule has 2 aromatic heterocycles. The Labute approximate surface area is 538 Å². The zero-order valence-corrected chi connectivity index (χ0v) is 52.2. The Kier molecular flexibility index (Phi) is 29.6. The summed E-state index contributed by atoms with van der Waals surface area (Å²) < 4.78 is 79.2. The van der Waals surface area contributed by atoms with Crippen LogP contribution in [0.5, 0.6) is 0 Å². The zero-order valence-electron chi connectivity index (χ0n) is 52.2. The summed E-state index contributed by atoms with van der Waals surface area (Å²) in [6.07, 6.45) is 0.927. The van der Waals surface area contributed by atoms with Crippen molar-refractivity contribution in [2.24, 2.45) is 44.8 Å². The quantitative estimate of drug-likeness (QED) is 0.00921. The number of amides is 3. The number of aromatic nitrogens is 6. The standard InChI is InChI=1S/C56H79N15O23/c1-6-12-83-14-16-85-18-19-86-17-15-84-13-7-46(76)69(24-34-26-70(67-65-34)10-8-61-44(74)30-87-49(42-28-89-55(79)93-42)47-36(20-32(2)72)38(63-53(57)58)22-40(91-47)51(77)81-4)25-35-27-71(68-66-35)11-9-62-45(75)31-88-50(43-29-90-56(80)94-43)48-37(21-33(3)73)39(64-54(59)60)23-41(92-48)52(78)82-5/h1,22-23,26-27,36-39,42-43,47-50H,7-21,24-25,28-31H2,2-5H3,(H,61,74)(H,62,75)(H4,57,58,63)(H4,59,60,64)/t36-,37-,38+,39+,42-,43-,47-,48-,49-,50-/m1/s1. The third-order valence-corrected chi connectivity index (χ3v) is 14.0. The van der Waals surface area contributed by atoms with E-state index < -0.39 is 110 Å². The molecular weight excluding hydrogens is 1250 g/mol. The van der Waals surface area contributed by atoms with E-state index in [2.05, 4.69) is 47.2 Å². The number of hydrogen-bond donors (Lipinski definition) is 6. The molecule has 10 N–H and O–H groups in total. The molecule has 10 atom stereocenters. The van der Waals surface area contributed by atoms with Gasteiger partial charge in [-0.1, -0.05) is 16.3 Å². The van der Waals surface area contributed by atoms with Crippen molar-refractivity contribution in [1.29, 1.82) is 0 Å². The van der Waals surface area contributed by atoms with Gasteiger partial charge in [-0.15, -0.1) is 16.6 Å². The molecule has 6 rings (SSSR count). The van der Waals surface area contributed by atoms with Crippen molar-refractivity contribution in [3.05, 3.63) is 47.5 Å². The fourth-order valence-corrected chi connectivity index (χ4v) is 9.97. The van der Waals surface area contributed by atoms with Crippen LogP contribution in [-0.4, -0.2) is 256 Å². The summed E-state index contributed by atoms with van der Waals surface area (Å²) in [7, 11) is 2.23. The minimum Gasteiger partial charge on any atom is -0.480 e. The van der Waals surface area contributed by atoms with Crippen LogP contribution in [0.25, 0.3) is 0 Å². The molecule has 0 unspecified atom stereocenters. The van der Waals surface area contributed by atoms with Gasteiger partial charge in [-0.3, -0.25) is 23.7 Å². The Morgan fingerprint density at radius 3 is 1.44 bits per heavy atom. The number of carbonyl (C=O) groups is 9. The largest absolute Gasteiger partial charge is 0.508 e. The number of methoxy groups -OCH3 is 2. The van der Waals surface area contributed by atoms with Crippen LogP contribution < -0.4 is 33.6 Å². The van der Waals surface area contributed by atoms with E-state index in [1.165, 1.54) is 40.3 Å². The van der Waals surface area contributed by atoms with E-state index >= 15 is 0 Å². The molecule has 0 aliphatic carbocycles. The predicted molar refractivity (Wildman–Crippen MR) is 316 cm³/mol. The van der Waals surface area contributed by atoms with Gasteiger partial charge in [0.2, 0.25) is 29.2 Å². The normalized spacial score (nSPS) is 21.1. The first-order chi connectivity index (χ1) is 45.1. The maximum Gasteiger partial charge on any atom is 0.508 e. The first-order valence-electron chi connectivity index (χ1n) is 29.5. The molecule has 2 saturated heterocycles. The van der Waals surface area contributed by atoms with Crippen LogP contribution in [0.1, 0.15) is 44.5 Å². The van der Waals surface area contributed by atoms with Crippen LogP contribution in [0.4, 0.5) is 9.59 Å². The van der Waals surface area contributed by atoms with Crippen molar-refractivity contribution in [2.45, 2.75) is 108 Å². The fourth-order valence-electron chi connectivity index (χ4n) is 9.97. The lowest BCUT2D eigenvalue weighted by molar-refractivity contribution is -0.158. The number of ether oxygens (including phenoxy) is 14. The van der Waals surface area contributed by atoms with E-state index in [1.54, 1.807) is 12.4 Å². The van der Waals surface area contributed by atoms with Crippen molar-refractivity contribution in [3.8, 4) is 12.3 Å². The van der Waals surface area contributed by atoms with Crippen molar-refractivity contribution >= 4 is 65.5 Å². The van der Waals surface area contributed by atoms with E-state index in [4.69, 9.17) is 95.7 Å². The molecule has 0 radical (unpaired) electrons. The second kappa shape index (κ2) is 37.8. The van der Waals surface area contributed by atoms with E-state index in [-0.39, 0.29) is 139 Å². The van der Waals surface area contributed by atoms with Gasteiger partial charge in [-0.25, -0.2) is 29.2 Å². The average molecular weight is 1330 g/mol. The molecule has 0 aromatic carbocycles. The molecule has 3 amide bonds. The molecule has 38 heteroatoms. The maximum absolute atomic E-state index is 13.9. The highest BCUT2D eigenvalue weighted by Crippen LogP contribution is 2.37. The Balaban J connectivity index is 1.06. The Morgan fingerprint density at radius 1 is 0.649 bits per heavy atom. The maximum atomic E-state index is 13.9. The molecule has 94 heavy (non-hydrogen) atoms. The van der Waals surface area contributed by atoms with Gasteiger partial charge in [0.15, 0.2) is 24.1 Å². The number of ketones is 2. The van der Waals surface area contributed by atoms with Gasteiger partial charge in [0.25, 0.3) is 0 Å². The SMILES string of the molecule is C#CCOCCOCCOCCOCCC(=O)N(Cc1cn(CCNC(=O)CO[C@@H]([C@@H]2OC(C(=O)OC)=C[C@H](N=C(N)N)[C@H]2CC(C)=O)[C@H]2COC(=O)O2)nn1)Cc1cn(CCNC(=O)CO[C@@H]([C@@H]2OC(C(=O)OC)=C[C@H](N=C(N)N)[C@H]2CC(C)=O)[C@H]2COC(=O)O2)nn1. The smallest absolute Gasteiger partial charge is 0.480 e. The van der Waals surface area contributed by atoms with Gasteiger partial charge in [0.1, 0.15) is 80.4 Å². The first kappa shape index (κ1) is 73.5. The van der Waals surface area contributed by atoms with Crippen LogP contribution in [-0.2, 0) is 126 Å². The minimum atomic E-state index is -1.31. The number of nitrogens with zero attached hydrogens (tertiary/aromatic N) is 9. The number of guanidine groups is 2. The lowest BCUT2D eigenvalue weighted by atomic mass is 9.82. The highest BCUT2D eigenvalue weighted by molar-refractivity contribution is 5.88. The second-order valence-corrected chi connectivity index (χ2v) is 21.2. The molecule has 6 heterocycles. The van der Waals surface area contributed by atoms with Gasteiger partial charge < -0.3 is 114 Å². The zero-order chi connectivity index (χ0) is 68.1. The van der Waals surface area contributed by atoms with Gasteiger partial charge in [-0.05, 0) is 26.0 Å². The number of rotatable bonds is 41. The van der Waals surface area contributed by atoms with Crippen LogP contribution in [0, 0.1) is 24.2 Å². The van der Waals surface area contributed by atoms with E-state index in [9.17, 15) is 43.2 Å². The summed E-state index contributed by atoms with van der Waals surface area (Å²) in [5.41, 5.74) is 23.5. The molecule has 4 aliphatic heterocycles. The van der Waals surface area contributed by atoms with Crippen molar-refractivity contribution in [1.82, 2.24) is 45.5 Å². The molecule has 516 valence electrons. The summed E-state index contributed by atoms with van der Waals surface area (Å²) >= 11 is 0. The number of nitrogens with one attached hydrogen (secondary N) is 2. The number of nitrogens with two attached hydrogens (primary N) is 4. The lowest BCUT2D eigenvalue weighted by Gasteiger charge is -2.39. The topological polar surface area (TPSA) is 500 Å². The number of aliphatic imine (C=N–C) groups is 2. The predicted octanol–water partition coefficient (Wildman–Crippen LogP) is -4.05. The van der Waals surface area contributed by atoms with Crippen LogP contribution >= 0.6 is 0 Å². The van der Waals surface area contributed by atoms with Crippen molar-refractivity contribution < 1.29 is 109 Å². The van der Waals surface area contributed by atoms with E-state index in [1.807, 2.05) is 0 Å². The third kappa shape index (κ3) is 23.8. The molecule has 0 saturated carbocycles. The summed E-state index contributed by atoms with van der Waals surface area (Å²) in [5, 5.41) is 22.2. The first-order valence-corrected chi connectivity index (χ1v) is 29.5. The highest BCUT2D eigenvalue weighted by atomic mass is 16.8. The Bertz CT molecular complexity index is 2910. The monoisotopic (exact) mass is 1330 g/mol. The number of esters is 2. The molecule has 2 fully saturated rings. The van der Waals surface area contributed by atoms with Crippen LogP contribution in [0.15, 0.2) is 46.0 Å². The lowest BCUT2D eigenvalue weighted by Crippen LogP contribution is -2.52. The Morgan fingerprint density at radius 2 is 1.06 bits per heavy atom. The fraction of sp³-hybridized carbons (Fsp3) is 0.625. The summed E-state index contributed by atoms with van der Waals surface area (Å²) in [6.45, 7) is 2.72. The van der Waals surface area contributed by atoms with Gasteiger partial charge in [0, 0.05) is 37.8 Å².